The molecule has 1 saturated carbocycles. The minimum atomic E-state index is -4.72. The zero-order chi connectivity index (χ0) is 27.0. The minimum Gasteiger partial charge on any atom is -0.490 e. The molecule has 2 atom stereocenters. The summed E-state index contributed by atoms with van der Waals surface area (Å²) in [4.78, 5) is 13.2. The fourth-order valence-electron chi connectivity index (χ4n) is 5.73. The number of alkyl halides is 6. The van der Waals surface area contributed by atoms with Crippen LogP contribution in [0.4, 0.5) is 26.3 Å². The molecule has 0 radical (unpaired) electrons. The van der Waals surface area contributed by atoms with E-state index in [0.717, 1.165) is 19.4 Å². The van der Waals surface area contributed by atoms with E-state index in [9.17, 15) is 31.1 Å². The molecule has 0 aromatic heterocycles. The van der Waals surface area contributed by atoms with Crippen molar-refractivity contribution in [3.63, 3.8) is 0 Å². The smallest absolute Gasteiger partial charge is 0.420 e. The normalized spacial score (nSPS) is 24.7. The molecular weight excluding hydrogens is 500 g/mol. The maximum absolute atomic E-state index is 14.3. The van der Waals surface area contributed by atoms with Gasteiger partial charge in [0.05, 0.1) is 12.0 Å². The first-order valence-corrected chi connectivity index (χ1v) is 12.7. The SMILES string of the molecule is CC(c1ccc2ccc(OC3CCC(C(F)(F)F)CC3)c(C(F)(F)F)c2c1)N1CCCC(CC(=O)O)C1. The molecule has 1 aliphatic carbocycles. The van der Waals surface area contributed by atoms with Crippen LogP contribution in [0.5, 0.6) is 5.75 Å². The van der Waals surface area contributed by atoms with Crippen LogP contribution < -0.4 is 4.74 Å². The zero-order valence-corrected chi connectivity index (χ0v) is 20.5. The van der Waals surface area contributed by atoms with Crippen molar-refractivity contribution in [3.05, 3.63) is 41.5 Å². The van der Waals surface area contributed by atoms with E-state index in [1.165, 1.54) is 12.1 Å². The van der Waals surface area contributed by atoms with Crippen LogP contribution >= 0.6 is 0 Å². The number of fused-ring (bicyclic) bond motifs is 1. The van der Waals surface area contributed by atoms with Crippen molar-refractivity contribution in [3.8, 4) is 5.75 Å². The Morgan fingerprint density at radius 3 is 2.35 bits per heavy atom. The molecule has 1 N–H and O–H groups in total. The largest absolute Gasteiger partial charge is 0.490 e. The van der Waals surface area contributed by atoms with E-state index < -0.39 is 35.9 Å². The fraction of sp³-hybridized carbons (Fsp3) is 0.593. The fourth-order valence-corrected chi connectivity index (χ4v) is 5.73. The molecular formula is C27H31F6NO3. The summed E-state index contributed by atoms with van der Waals surface area (Å²) in [7, 11) is 0. The van der Waals surface area contributed by atoms with Gasteiger partial charge in [0.1, 0.15) is 11.3 Å². The van der Waals surface area contributed by atoms with Crippen LogP contribution in [-0.4, -0.2) is 41.3 Å². The third-order valence-electron chi connectivity index (χ3n) is 7.77. The molecule has 0 spiro atoms. The first-order chi connectivity index (χ1) is 17.3. The van der Waals surface area contributed by atoms with Gasteiger partial charge in [0, 0.05) is 19.0 Å². The Morgan fingerprint density at radius 1 is 1.05 bits per heavy atom. The van der Waals surface area contributed by atoms with Crippen molar-refractivity contribution in [2.75, 3.05) is 13.1 Å². The molecule has 1 saturated heterocycles. The lowest BCUT2D eigenvalue weighted by atomic mass is 9.87. The van der Waals surface area contributed by atoms with Crippen LogP contribution in [0.15, 0.2) is 30.3 Å². The van der Waals surface area contributed by atoms with Gasteiger partial charge in [-0.25, -0.2) is 0 Å². The molecule has 2 aromatic carbocycles. The van der Waals surface area contributed by atoms with Gasteiger partial charge >= 0.3 is 18.3 Å². The number of piperidine rings is 1. The highest BCUT2D eigenvalue weighted by molar-refractivity contribution is 5.89. The quantitative estimate of drug-likeness (QED) is 0.390. The molecule has 1 aliphatic heterocycles. The number of hydrogen-bond acceptors (Lipinski definition) is 3. The second-order valence-corrected chi connectivity index (χ2v) is 10.3. The Kier molecular flexibility index (Phi) is 7.97. The average molecular weight is 532 g/mol. The number of likely N-dealkylation sites (tertiary alicyclic amines) is 1. The summed E-state index contributed by atoms with van der Waals surface area (Å²) in [5, 5.41) is 9.51. The number of aliphatic carboxylic acids is 1. The van der Waals surface area contributed by atoms with Crippen molar-refractivity contribution in [2.45, 2.75) is 76.4 Å². The van der Waals surface area contributed by atoms with Crippen LogP contribution in [0, 0.1) is 11.8 Å². The van der Waals surface area contributed by atoms with E-state index in [1.54, 1.807) is 18.2 Å². The van der Waals surface area contributed by atoms with Gasteiger partial charge in [-0.2, -0.15) is 26.3 Å². The predicted molar refractivity (Wildman–Crippen MR) is 126 cm³/mol. The van der Waals surface area contributed by atoms with Gasteiger partial charge in [-0.1, -0.05) is 18.2 Å². The lowest BCUT2D eigenvalue weighted by molar-refractivity contribution is -0.185. The number of benzene rings is 2. The maximum atomic E-state index is 14.3. The summed E-state index contributed by atoms with van der Waals surface area (Å²) in [5.74, 6) is -2.67. The summed E-state index contributed by atoms with van der Waals surface area (Å²) in [6.07, 6.45) is -8.30. The molecule has 2 aromatic rings. The van der Waals surface area contributed by atoms with Crippen molar-refractivity contribution in [1.82, 2.24) is 4.90 Å². The first kappa shape index (κ1) is 27.5. The molecule has 1 heterocycles. The number of ether oxygens (including phenoxy) is 1. The summed E-state index contributed by atoms with van der Waals surface area (Å²) in [6.45, 7) is 3.18. The molecule has 2 aliphatic rings. The van der Waals surface area contributed by atoms with Gasteiger partial charge in [-0.3, -0.25) is 9.69 Å². The Balaban J connectivity index is 1.60. The van der Waals surface area contributed by atoms with Gasteiger partial charge in [0.25, 0.3) is 0 Å². The van der Waals surface area contributed by atoms with E-state index >= 15 is 0 Å². The summed E-state index contributed by atoms with van der Waals surface area (Å²) >= 11 is 0. The minimum absolute atomic E-state index is 0.00710. The Hall–Kier alpha value is -2.49. The van der Waals surface area contributed by atoms with E-state index in [-0.39, 0.29) is 55.2 Å². The third-order valence-corrected chi connectivity index (χ3v) is 7.77. The number of carbonyl (C=O) groups is 1. The van der Waals surface area contributed by atoms with Gasteiger partial charge in [0.15, 0.2) is 0 Å². The average Bonchev–Trinajstić information content (AvgIpc) is 2.82. The zero-order valence-electron chi connectivity index (χ0n) is 20.5. The van der Waals surface area contributed by atoms with Crippen molar-refractivity contribution < 1.29 is 41.0 Å². The molecule has 0 bridgehead atoms. The number of rotatable bonds is 6. The van der Waals surface area contributed by atoms with Gasteiger partial charge < -0.3 is 9.84 Å². The van der Waals surface area contributed by atoms with Crippen LogP contribution in [-0.2, 0) is 11.0 Å². The Morgan fingerprint density at radius 2 is 1.73 bits per heavy atom. The molecule has 37 heavy (non-hydrogen) atoms. The summed E-state index contributed by atoms with van der Waals surface area (Å²) < 4.78 is 87.6. The highest BCUT2D eigenvalue weighted by Gasteiger charge is 2.43. The van der Waals surface area contributed by atoms with Crippen LogP contribution in [0.2, 0.25) is 0 Å². The maximum Gasteiger partial charge on any atom is 0.420 e. The highest BCUT2D eigenvalue weighted by atomic mass is 19.4. The van der Waals surface area contributed by atoms with Gasteiger partial charge in [-0.15, -0.1) is 0 Å². The predicted octanol–water partition coefficient (Wildman–Crippen LogP) is 7.61. The number of nitrogens with zero attached hydrogens (tertiary/aromatic N) is 1. The van der Waals surface area contributed by atoms with E-state index in [0.29, 0.717) is 17.5 Å². The number of halogens is 6. The second kappa shape index (κ2) is 10.7. The molecule has 2 unspecified atom stereocenters. The number of carboxylic acid groups (broad SMARTS) is 1. The van der Waals surface area contributed by atoms with Crippen LogP contribution in [0.3, 0.4) is 0 Å². The molecule has 4 nitrogen and oxygen atoms in total. The van der Waals surface area contributed by atoms with Gasteiger partial charge in [-0.05, 0) is 86.4 Å². The molecule has 10 heteroatoms. The van der Waals surface area contributed by atoms with Crippen molar-refractivity contribution in [1.29, 1.82) is 0 Å². The first-order valence-electron chi connectivity index (χ1n) is 12.7. The van der Waals surface area contributed by atoms with Crippen LogP contribution in [0.1, 0.15) is 69.0 Å². The monoisotopic (exact) mass is 531 g/mol. The number of carboxylic acids is 1. The highest BCUT2D eigenvalue weighted by Crippen LogP contribution is 2.44. The van der Waals surface area contributed by atoms with E-state index in [4.69, 9.17) is 9.84 Å². The van der Waals surface area contributed by atoms with Crippen LogP contribution in [0.25, 0.3) is 10.8 Å². The summed E-state index contributed by atoms with van der Waals surface area (Å²) in [5.41, 5.74) is -0.240. The van der Waals surface area contributed by atoms with Gasteiger partial charge in [0.2, 0.25) is 0 Å². The third kappa shape index (κ3) is 6.51. The summed E-state index contributed by atoms with van der Waals surface area (Å²) in [6, 6.07) is 7.51. The number of hydrogen-bond donors (Lipinski definition) is 1. The standard InChI is InChI=1S/C27H31F6NO3/c1-16(34-12-2-3-17(15-34)13-24(35)36)19-5-4-18-6-11-23(25(22(18)14-19)27(31,32)33)37-21-9-7-20(8-10-21)26(28,29)30/h4-6,11,14,16-17,20-21H,2-3,7-10,12-13,15H2,1H3,(H,35,36). The second-order valence-electron chi connectivity index (χ2n) is 10.3. The molecule has 0 amide bonds. The lowest BCUT2D eigenvalue weighted by Crippen LogP contribution is -2.38. The Bertz CT molecular complexity index is 1110. The molecule has 2 fully saturated rings. The van der Waals surface area contributed by atoms with Crippen molar-refractivity contribution in [2.24, 2.45) is 11.8 Å². The Labute approximate surface area is 211 Å². The van der Waals surface area contributed by atoms with E-state index in [2.05, 4.69) is 4.90 Å². The molecule has 204 valence electrons. The molecule has 4 rings (SSSR count). The van der Waals surface area contributed by atoms with Crippen molar-refractivity contribution >= 4 is 16.7 Å². The van der Waals surface area contributed by atoms with E-state index in [1.807, 2.05) is 6.92 Å². The topological polar surface area (TPSA) is 49.8 Å². The lowest BCUT2D eigenvalue weighted by Gasteiger charge is -2.36.